The summed E-state index contributed by atoms with van der Waals surface area (Å²) < 4.78 is 3.36. The van der Waals surface area contributed by atoms with Gasteiger partial charge in [-0.3, -0.25) is 9.36 Å². The lowest BCUT2D eigenvalue weighted by molar-refractivity contribution is 0.692. The van der Waals surface area contributed by atoms with Gasteiger partial charge in [0.05, 0.1) is 12.7 Å². The number of nitrogens with zero attached hydrogens (tertiary/aromatic N) is 3. The summed E-state index contributed by atoms with van der Waals surface area (Å²) in [5, 5.41) is 2.33. The molecule has 0 atom stereocenters. The normalized spacial score (nSPS) is 10.7. The average molecular weight is 230 g/mol. The summed E-state index contributed by atoms with van der Waals surface area (Å²) >= 11 is 7.00. The largest absolute Gasteiger partial charge is 0.321 e. The Labute approximate surface area is 89.4 Å². The van der Waals surface area contributed by atoms with Crippen molar-refractivity contribution in [1.29, 1.82) is 0 Å². The molecule has 0 saturated heterocycles. The molecule has 0 aromatic carbocycles. The Kier molecular flexibility index (Phi) is 2.43. The summed E-state index contributed by atoms with van der Waals surface area (Å²) in [4.78, 5) is 15.4. The molecule has 14 heavy (non-hydrogen) atoms. The van der Waals surface area contributed by atoms with Crippen LogP contribution >= 0.6 is 22.9 Å². The molecule has 0 bridgehead atoms. The third kappa shape index (κ3) is 1.60. The first-order valence-corrected chi connectivity index (χ1v) is 5.24. The van der Waals surface area contributed by atoms with E-state index in [2.05, 4.69) is 4.98 Å². The number of hydrogen-bond acceptors (Lipinski definition) is 3. The van der Waals surface area contributed by atoms with E-state index in [4.69, 9.17) is 11.6 Å². The zero-order chi connectivity index (χ0) is 10.1. The van der Waals surface area contributed by atoms with Gasteiger partial charge in [0.1, 0.15) is 11.0 Å². The summed E-state index contributed by atoms with van der Waals surface area (Å²) in [5.74, 6) is 0.774. The van der Waals surface area contributed by atoms with Gasteiger partial charge in [-0.15, -0.1) is 0 Å². The first-order valence-electron chi connectivity index (χ1n) is 3.98. The van der Waals surface area contributed by atoms with E-state index in [0.29, 0.717) is 11.7 Å². The van der Waals surface area contributed by atoms with Crippen molar-refractivity contribution < 1.29 is 0 Å². The van der Waals surface area contributed by atoms with Crippen LogP contribution in [-0.2, 0) is 13.6 Å². The summed E-state index contributed by atoms with van der Waals surface area (Å²) in [7, 11) is 1.82. The van der Waals surface area contributed by atoms with E-state index >= 15 is 0 Å². The van der Waals surface area contributed by atoms with Crippen LogP contribution in [0.4, 0.5) is 0 Å². The average Bonchev–Trinajstić information content (AvgIpc) is 2.68. The maximum atomic E-state index is 11.3. The fourth-order valence-corrected chi connectivity index (χ4v) is 1.86. The first kappa shape index (κ1) is 9.48. The number of halogens is 1. The summed E-state index contributed by atoms with van der Waals surface area (Å²) in [5.41, 5.74) is 0. The number of aromatic nitrogens is 3. The second-order valence-electron chi connectivity index (χ2n) is 2.85. The van der Waals surface area contributed by atoms with Crippen LogP contribution in [0, 0.1) is 0 Å². The van der Waals surface area contributed by atoms with Crippen molar-refractivity contribution in [3.05, 3.63) is 38.4 Å². The first-order chi connectivity index (χ1) is 6.68. The van der Waals surface area contributed by atoms with Crippen molar-refractivity contribution in [2.45, 2.75) is 6.54 Å². The molecule has 0 saturated carbocycles. The minimum Gasteiger partial charge on any atom is -0.321 e. The van der Waals surface area contributed by atoms with Crippen molar-refractivity contribution in [3.63, 3.8) is 0 Å². The van der Waals surface area contributed by atoms with Gasteiger partial charge in [0.2, 0.25) is 0 Å². The van der Waals surface area contributed by atoms with E-state index in [-0.39, 0.29) is 4.87 Å². The molecule has 2 rings (SSSR count). The molecule has 0 aliphatic heterocycles. The van der Waals surface area contributed by atoms with Crippen LogP contribution in [0.3, 0.4) is 0 Å². The predicted molar refractivity (Wildman–Crippen MR) is 55.9 cm³/mol. The highest BCUT2D eigenvalue weighted by molar-refractivity contribution is 7.07. The molecule has 0 radical (unpaired) electrons. The Bertz CT molecular complexity index is 499. The lowest BCUT2D eigenvalue weighted by Gasteiger charge is -2.01. The molecule has 0 unspecified atom stereocenters. The molecule has 74 valence electrons. The van der Waals surface area contributed by atoms with Crippen LogP contribution in [0.25, 0.3) is 0 Å². The van der Waals surface area contributed by atoms with Gasteiger partial charge in [-0.2, -0.15) is 0 Å². The Morgan fingerprint density at radius 1 is 1.64 bits per heavy atom. The number of hydrogen-bond donors (Lipinski definition) is 0. The van der Waals surface area contributed by atoms with E-state index in [1.54, 1.807) is 26.9 Å². The van der Waals surface area contributed by atoms with Crippen LogP contribution in [0.5, 0.6) is 0 Å². The van der Waals surface area contributed by atoms with Crippen LogP contribution in [-0.4, -0.2) is 14.1 Å². The fourth-order valence-electron chi connectivity index (χ4n) is 1.13. The van der Waals surface area contributed by atoms with Gasteiger partial charge in [0.15, 0.2) is 0 Å². The van der Waals surface area contributed by atoms with E-state index in [9.17, 15) is 4.79 Å². The molecule has 2 aromatic rings. The maximum absolute atomic E-state index is 11.3. The monoisotopic (exact) mass is 229 g/mol. The van der Waals surface area contributed by atoms with Crippen molar-refractivity contribution in [1.82, 2.24) is 14.1 Å². The quantitative estimate of drug-likeness (QED) is 0.780. The van der Waals surface area contributed by atoms with Crippen LogP contribution in [0.15, 0.2) is 22.6 Å². The van der Waals surface area contributed by atoms with Crippen molar-refractivity contribution in [2.24, 2.45) is 7.05 Å². The molecule has 0 amide bonds. The van der Waals surface area contributed by atoms with Gasteiger partial charge in [-0.05, 0) is 0 Å². The Morgan fingerprint density at radius 3 is 2.93 bits per heavy atom. The second kappa shape index (κ2) is 3.59. The molecule has 0 spiro atoms. The van der Waals surface area contributed by atoms with Gasteiger partial charge in [-0.1, -0.05) is 22.9 Å². The highest BCUT2D eigenvalue weighted by Gasteiger charge is 2.05. The fraction of sp³-hybridized carbons (Fsp3) is 0.250. The van der Waals surface area contributed by atoms with Gasteiger partial charge in [-0.25, -0.2) is 4.98 Å². The molecule has 2 heterocycles. The van der Waals surface area contributed by atoms with Crippen LogP contribution < -0.4 is 4.87 Å². The smallest absolute Gasteiger partial charge is 0.307 e. The van der Waals surface area contributed by atoms with E-state index in [0.717, 1.165) is 5.82 Å². The summed E-state index contributed by atoms with van der Waals surface area (Å²) in [6, 6.07) is 0. The van der Waals surface area contributed by atoms with E-state index in [1.165, 1.54) is 11.3 Å². The number of rotatable bonds is 2. The zero-order valence-electron chi connectivity index (χ0n) is 7.48. The molecule has 0 aliphatic rings. The Balaban J connectivity index is 2.32. The van der Waals surface area contributed by atoms with Crippen LogP contribution in [0.2, 0.25) is 5.15 Å². The Hall–Kier alpha value is -1.07. The molecule has 4 nitrogen and oxygen atoms in total. The molecule has 0 fully saturated rings. The molecule has 6 heteroatoms. The topological polar surface area (TPSA) is 39.8 Å². The lowest BCUT2D eigenvalue weighted by atomic mass is 10.6. The molecule has 2 aromatic heterocycles. The minimum absolute atomic E-state index is 0.0177. The molecular weight excluding hydrogens is 222 g/mol. The summed E-state index contributed by atoms with van der Waals surface area (Å²) in [6.07, 6.45) is 3.32. The highest BCUT2D eigenvalue weighted by Crippen LogP contribution is 2.09. The molecular formula is C8H8ClN3OS. The van der Waals surface area contributed by atoms with Gasteiger partial charge < -0.3 is 4.57 Å². The number of imidazole rings is 1. The predicted octanol–water partition coefficient (Wildman–Crippen LogP) is 1.34. The SMILES string of the molecule is Cn1c(Cl)cnc1Cn1ccsc1=O. The van der Waals surface area contributed by atoms with Gasteiger partial charge in [0.25, 0.3) is 0 Å². The second-order valence-corrected chi connectivity index (χ2v) is 4.10. The third-order valence-corrected chi connectivity index (χ3v) is 3.03. The van der Waals surface area contributed by atoms with E-state index < -0.39 is 0 Å². The minimum atomic E-state index is 0.0177. The maximum Gasteiger partial charge on any atom is 0.307 e. The van der Waals surface area contributed by atoms with Gasteiger partial charge in [0, 0.05) is 18.6 Å². The molecule has 0 aliphatic carbocycles. The third-order valence-electron chi connectivity index (χ3n) is 1.98. The van der Waals surface area contributed by atoms with Crippen molar-refractivity contribution >= 4 is 22.9 Å². The van der Waals surface area contributed by atoms with Crippen molar-refractivity contribution in [2.75, 3.05) is 0 Å². The Morgan fingerprint density at radius 2 is 2.43 bits per heavy atom. The van der Waals surface area contributed by atoms with Crippen LogP contribution in [0.1, 0.15) is 5.82 Å². The summed E-state index contributed by atoms with van der Waals surface area (Å²) in [6.45, 7) is 0.464. The standard InChI is InChI=1S/C8H8ClN3OS/c1-11-6(9)4-10-7(11)5-12-2-3-14-8(12)13/h2-4H,5H2,1H3. The zero-order valence-corrected chi connectivity index (χ0v) is 9.05. The van der Waals surface area contributed by atoms with E-state index in [1.807, 2.05) is 7.05 Å². The molecule has 0 N–H and O–H groups in total. The highest BCUT2D eigenvalue weighted by atomic mass is 35.5. The number of thiazole rings is 1. The lowest BCUT2D eigenvalue weighted by Crippen LogP contribution is -2.15. The van der Waals surface area contributed by atoms with Crippen molar-refractivity contribution in [3.8, 4) is 0 Å². The van der Waals surface area contributed by atoms with Gasteiger partial charge >= 0.3 is 4.87 Å².